The number of hydrogen-bond donors (Lipinski definition) is 1. The minimum Gasteiger partial charge on any atom is -0.370 e. The first-order valence-electron chi connectivity index (χ1n) is 3.76. The zero-order valence-electron chi connectivity index (χ0n) is 5.99. The van der Waals surface area contributed by atoms with Crippen LogP contribution in [-0.4, -0.2) is 29.7 Å². The van der Waals surface area contributed by atoms with Crippen LogP contribution in [0.2, 0.25) is 0 Å². The quantitative estimate of drug-likeness (QED) is 0.578. The largest absolute Gasteiger partial charge is 0.370 e. The van der Waals surface area contributed by atoms with E-state index >= 15 is 0 Å². The van der Waals surface area contributed by atoms with Crippen molar-refractivity contribution in [3.63, 3.8) is 0 Å². The Labute approximate surface area is 59.9 Å². The van der Waals surface area contributed by atoms with Crippen molar-refractivity contribution in [2.24, 2.45) is 0 Å². The van der Waals surface area contributed by atoms with Gasteiger partial charge in [0.2, 0.25) is 0 Å². The summed E-state index contributed by atoms with van der Waals surface area (Å²) in [4.78, 5) is 0. The van der Waals surface area contributed by atoms with E-state index < -0.39 is 6.29 Å². The molecule has 0 saturated carbocycles. The minimum absolute atomic E-state index is 0.108. The summed E-state index contributed by atoms with van der Waals surface area (Å²) < 4.78 is 10.0. The van der Waals surface area contributed by atoms with Gasteiger partial charge in [-0.05, 0) is 19.8 Å². The standard InChI is InChI=1S/C7H12O3/c1-4-5(9-4)2-3-6-7(8)10-6/h4-8H,2-3H2,1H3. The Morgan fingerprint density at radius 3 is 2.10 bits per heavy atom. The monoisotopic (exact) mass is 144 g/mol. The van der Waals surface area contributed by atoms with Gasteiger partial charge in [0.15, 0.2) is 6.29 Å². The van der Waals surface area contributed by atoms with Crippen LogP contribution in [0.25, 0.3) is 0 Å². The first-order chi connectivity index (χ1) is 4.77. The summed E-state index contributed by atoms with van der Waals surface area (Å²) in [5.41, 5.74) is 0. The van der Waals surface area contributed by atoms with E-state index in [1.807, 2.05) is 0 Å². The van der Waals surface area contributed by atoms with Crippen molar-refractivity contribution in [1.82, 2.24) is 0 Å². The van der Waals surface area contributed by atoms with Gasteiger partial charge in [0.05, 0.1) is 12.2 Å². The molecule has 3 heteroatoms. The topological polar surface area (TPSA) is 45.3 Å². The van der Waals surface area contributed by atoms with Gasteiger partial charge in [0.25, 0.3) is 0 Å². The summed E-state index contributed by atoms with van der Waals surface area (Å²) in [5, 5.41) is 8.76. The SMILES string of the molecule is CC1OC1CCC1OC1O. The van der Waals surface area contributed by atoms with Crippen molar-refractivity contribution in [2.45, 2.75) is 44.4 Å². The fourth-order valence-electron chi connectivity index (χ4n) is 1.21. The molecule has 1 N–H and O–H groups in total. The summed E-state index contributed by atoms with van der Waals surface area (Å²) >= 11 is 0. The highest BCUT2D eigenvalue weighted by atomic mass is 16.7. The van der Waals surface area contributed by atoms with Gasteiger partial charge >= 0.3 is 0 Å². The third-order valence-electron chi connectivity index (χ3n) is 2.13. The molecule has 0 radical (unpaired) electrons. The third kappa shape index (κ3) is 1.31. The van der Waals surface area contributed by atoms with Crippen LogP contribution in [0, 0.1) is 0 Å². The van der Waals surface area contributed by atoms with E-state index in [0.717, 1.165) is 12.8 Å². The fourth-order valence-corrected chi connectivity index (χ4v) is 1.21. The summed E-state index contributed by atoms with van der Waals surface area (Å²) in [6.45, 7) is 2.06. The Morgan fingerprint density at radius 1 is 1.20 bits per heavy atom. The molecule has 0 aromatic heterocycles. The molecule has 10 heavy (non-hydrogen) atoms. The van der Waals surface area contributed by atoms with Crippen LogP contribution in [0.5, 0.6) is 0 Å². The maximum Gasteiger partial charge on any atom is 0.181 e. The second-order valence-corrected chi connectivity index (χ2v) is 3.02. The van der Waals surface area contributed by atoms with Gasteiger partial charge in [-0.15, -0.1) is 0 Å². The predicted octanol–water partition coefficient (Wildman–Crippen LogP) is 0.271. The van der Waals surface area contributed by atoms with Gasteiger partial charge in [0, 0.05) is 0 Å². The Hall–Kier alpha value is -0.120. The highest BCUT2D eigenvalue weighted by Gasteiger charge is 2.40. The van der Waals surface area contributed by atoms with E-state index in [0.29, 0.717) is 12.2 Å². The zero-order valence-corrected chi connectivity index (χ0v) is 5.99. The molecule has 2 rings (SSSR count). The number of aliphatic hydroxyl groups excluding tert-OH is 1. The molecular formula is C7H12O3. The van der Waals surface area contributed by atoms with E-state index in [2.05, 4.69) is 6.92 Å². The molecule has 0 spiro atoms. The smallest absolute Gasteiger partial charge is 0.181 e. The molecule has 4 unspecified atom stereocenters. The minimum atomic E-state index is -0.478. The Balaban J connectivity index is 1.57. The predicted molar refractivity (Wildman–Crippen MR) is 34.4 cm³/mol. The van der Waals surface area contributed by atoms with Crippen LogP contribution < -0.4 is 0 Å². The zero-order chi connectivity index (χ0) is 7.14. The van der Waals surface area contributed by atoms with Gasteiger partial charge < -0.3 is 14.6 Å². The highest BCUT2D eigenvalue weighted by molar-refractivity contribution is 4.84. The van der Waals surface area contributed by atoms with Crippen molar-refractivity contribution in [3.05, 3.63) is 0 Å². The number of rotatable bonds is 3. The lowest BCUT2D eigenvalue weighted by molar-refractivity contribution is 0.156. The Kier molecular flexibility index (Phi) is 1.44. The first kappa shape index (κ1) is 6.58. The number of hydrogen-bond acceptors (Lipinski definition) is 3. The number of aliphatic hydroxyl groups is 1. The van der Waals surface area contributed by atoms with Crippen molar-refractivity contribution >= 4 is 0 Å². The lowest BCUT2D eigenvalue weighted by atomic mass is 10.2. The van der Waals surface area contributed by atoms with E-state index in [4.69, 9.17) is 14.6 Å². The molecule has 0 aliphatic carbocycles. The first-order valence-corrected chi connectivity index (χ1v) is 3.76. The highest BCUT2D eigenvalue weighted by Crippen LogP contribution is 2.31. The Morgan fingerprint density at radius 2 is 1.70 bits per heavy atom. The molecule has 2 aliphatic rings. The molecule has 0 bridgehead atoms. The molecule has 0 amide bonds. The molecule has 2 aliphatic heterocycles. The van der Waals surface area contributed by atoms with Crippen LogP contribution in [0.1, 0.15) is 19.8 Å². The lowest BCUT2D eigenvalue weighted by Crippen LogP contribution is -1.96. The van der Waals surface area contributed by atoms with Gasteiger partial charge in [-0.2, -0.15) is 0 Å². The van der Waals surface area contributed by atoms with Gasteiger partial charge in [-0.1, -0.05) is 0 Å². The second-order valence-electron chi connectivity index (χ2n) is 3.02. The summed E-state index contributed by atoms with van der Waals surface area (Å²) in [6, 6.07) is 0. The lowest BCUT2D eigenvalue weighted by Gasteiger charge is -1.88. The summed E-state index contributed by atoms with van der Waals surface area (Å²) in [6.07, 6.45) is 2.48. The molecule has 2 fully saturated rings. The molecule has 2 saturated heterocycles. The van der Waals surface area contributed by atoms with Crippen LogP contribution in [0.3, 0.4) is 0 Å². The van der Waals surface area contributed by atoms with Gasteiger partial charge in [-0.3, -0.25) is 0 Å². The van der Waals surface area contributed by atoms with Gasteiger partial charge in [-0.25, -0.2) is 0 Å². The molecular weight excluding hydrogens is 132 g/mol. The van der Waals surface area contributed by atoms with E-state index in [-0.39, 0.29) is 6.10 Å². The molecule has 3 nitrogen and oxygen atoms in total. The van der Waals surface area contributed by atoms with Gasteiger partial charge in [0.1, 0.15) is 6.10 Å². The molecule has 58 valence electrons. The van der Waals surface area contributed by atoms with Crippen LogP contribution in [-0.2, 0) is 9.47 Å². The van der Waals surface area contributed by atoms with E-state index in [1.165, 1.54) is 0 Å². The summed E-state index contributed by atoms with van der Waals surface area (Å²) in [5.74, 6) is 0. The Bertz CT molecular complexity index is 121. The molecule has 0 aromatic carbocycles. The average Bonchev–Trinajstić information content (AvgIpc) is 2.71. The van der Waals surface area contributed by atoms with Crippen LogP contribution in [0.4, 0.5) is 0 Å². The molecule has 0 aromatic rings. The van der Waals surface area contributed by atoms with E-state index in [9.17, 15) is 0 Å². The fraction of sp³-hybridized carbons (Fsp3) is 1.00. The third-order valence-corrected chi connectivity index (χ3v) is 2.13. The maximum atomic E-state index is 8.76. The summed E-state index contributed by atoms with van der Waals surface area (Å²) in [7, 11) is 0. The van der Waals surface area contributed by atoms with Crippen molar-refractivity contribution in [3.8, 4) is 0 Å². The van der Waals surface area contributed by atoms with Crippen molar-refractivity contribution < 1.29 is 14.6 Å². The van der Waals surface area contributed by atoms with Crippen molar-refractivity contribution in [2.75, 3.05) is 0 Å². The second kappa shape index (κ2) is 2.19. The van der Waals surface area contributed by atoms with E-state index in [1.54, 1.807) is 0 Å². The number of ether oxygens (including phenoxy) is 2. The van der Waals surface area contributed by atoms with Crippen LogP contribution >= 0.6 is 0 Å². The molecule has 4 atom stereocenters. The molecule has 2 heterocycles. The van der Waals surface area contributed by atoms with Crippen molar-refractivity contribution in [1.29, 1.82) is 0 Å². The average molecular weight is 144 g/mol. The van der Waals surface area contributed by atoms with Crippen LogP contribution in [0.15, 0.2) is 0 Å². The maximum absolute atomic E-state index is 8.76. The normalized spacial score (nSPS) is 51.0. The number of epoxide rings is 2.